The summed E-state index contributed by atoms with van der Waals surface area (Å²) in [5, 5.41) is -0.876. The predicted molar refractivity (Wildman–Crippen MR) is 60.1 cm³/mol. The molecule has 2 bridgehead atoms. The van der Waals surface area contributed by atoms with Gasteiger partial charge in [0.1, 0.15) is 0 Å². The van der Waals surface area contributed by atoms with E-state index in [-0.39, 0.29) is 5.38 Å². The molecule has 2 fully saturated rings. The number of hydrogen-bond acceptors (Lipinski definition) is 0. The monoisotopic (exact) mass is 300 g/mol. The molecule has 0 radical (unpaired) electrons. The largest absolute Gasteiger partial charge is 0.155 e. The van der Waals surface area contributed by atoms with E-state index in [0.29, 0.717) is 12.8 Å². The Morgan fingerprint density at radius 3 is 1.85 bits per heavy atom. The van der Waals surface area contributed by atoms with Crippen LogP contribution in [0.2, 0.25) is 0 Å². The third-order valence-corrected chi connectivity index (χ3v) is 7.17. The smallest absolute Gasteiger partial charge is 0.121 e. The first-order valence-corrected chi connectivity index (χ1v) is 6.16. The zero-order valence-electron chi connectivity index (χ0n) is 6.34. The summed E-state index contributed by atoms with van der Waals surface area (Å²) >= 11 is 36.7. The Bertz CT molecular complexity index is 251. The summed E-state index contributed by atoms with van der Waals surface area (Å²) in [6.07, 6.45) is 0.953. The summed E-state index contributed by atoms with van der Waals surface area (Å²) in [5.74, 6) is 0. The van der Waals surface area contributed by atoms with Crippen molar-refractivity contribution in [2.75, 3.05) is 0 Å². The molecule has 0 aromatic carbocycles. The highest BCUT2D eigenvalue weighted by Crippen LogP contribution is 2.69. The van der Waals surface area contributed by atoms with Gasteiger partial charge in [-0.05, 0) is 12.8 Å². The van der Waals surface area contributed by atoms with Crippen LogP contribution < -0.4 is 0 Å². The first-order valence-electron chi connectivity index (χ1n) is 3.78. The van der Waals surface area contributed by atoms with Crippen molar-refractivity contribution < 1.29 is 0 Å². The lowest BCUT2D eigenvalue weighted by Gasteiger charge is -2.39. The van der Waals surface area contributed by atoms with Crippen molar-refractivity contribution in [3.8, 4) is 0 Å². The highest BCUT2D eigenvalue weighted by atomic mass is 35.5. The zero-order chi connectivity index (χ0) is 10.1. The molecule has 0 aromatic heterocycles. The van der Waals surface area contributed by atoms with E-state index in [2.05, 4.69) is 0 Å². The number of rotatable bonds is 0. The van der Waals surface area contributed by atoms with Gasteiger partial charge in [0.25, 0.3) is 0 Å². The SMILES string of the molecule is ClC1CC2(Cl)CC1(Cl)C(Cl)C2(Cl)Cl. The normalized spacial score (nSPS) is 58.6. The van der Waals surface area contributed by atoms with E-state index in [4.69, 9.17) is 69.6 Å². The fourth-order valence-corrected chi connectivity index (χ4v) is 5.01. The molecule has 4 atom stereocenters. The predicted octanol–water partition coefficient (Wildman–Crippen LogP) is 4.14. The maximum absolute atomic E-state index is 6.25. The zero-order valence-corrected chi connectivity index (χ0v) is 10.9. The minimum atomic E-state index is -1.19. The Labute approximate surface area is 107 Å². The molecule has 0 N–H and O–H groups in total. The molecule has 0 heterocycles. The van der Waals surface area contributed by atoms with Crippen molar-refractivity contribution in [1.29, 1.82) is 0 Å². The van der Waals surface area contributed by atoms with Crippen LogP contribution in [0.1, 0.15) is 12.8 Å². The van der Waals surface area contributed by atoms with Crippen LogP contribution in [0.25, 0.3) is 0 Å². The van der Waals surface area contributed by atoms with Crippen molar-refractivity contribution in [3.63, 3.8) is 0 Å². The van der Waals surface area contributed by atoms with Crippen LogP contribution in [0, 0.1) is 0 Å². The van der Waals surface area contributed by atoms with E-state index in [0.717, 1.165) is 0 Å². The van der Waals surface area contributed by atoms with Crippen LogP contribution in [0.3, 0.4) is 0 Å². The molecule has 2 rings (SSSR count). The van der Waals surface area contributed by atoms with Gasteiger partial charge in [-0.2, -0.15) is 0 Å². The number of halogens is 6. The Kier molecular flexibility index (Phi) is 2.50. The summed E-state index contributed by atoms with van der Waals surface area (Å²) in [5.41, 5.74) is 0. The maximum Gasteiger partial charge on any atom is 0.155 e. The van der Waals surface area contributed by atoms with E-state index in [1.165, 1.54) is 0 Å². The third kappa shape index (κ3) is 1.20. The second-order valence-corrected chi connectivity index (χ2v) is 7.50. The molecular weight excluding hydrogens is 297 g/mol. The van der Waals surface area contributed by atoms with E-state index in [9.17, 15) is 0 Å². The summed E-state index contributed by atoms with van der Waals surface area (Å²) in [6, 6.07) is 0. The molecule has 2 aliphatic rings. The van der Waals surface area contributed by atoms with Gasteiger partial charge in [-0.15, -0.1) is 46.4 Å². The molecule has 0 saturated heterocycles. The van der Waals surface area contributed by atoms with Gasteiger partial charge in [-0.1, -0.05) is 23.2 Å². The van der Waals surface area contributed by atoms with Gasteiger partial charge in [-0.25, -0.2) is 0 Å². The molecule has 0 spiro atoms. The first kappa shape index (κ1) is 11.2. The minimum Gasteiger partial charge on any atom is -0.121 e. The van der Waals surface area contributed by atoms with Crippen LogP contribution in [0.15, 0.2) is 0 Å². The van der Waals surface area contributed by atoms with Gasteiger partial charge in [0.15, 0.2) is 4.33 Å². The van der Waals surface area contributed by atoms with Crippen molar-refractivity contribution in [2.24, 2.45) is 0 Å². The number of alkyl halides is 6. The average molecular weight is 303 g/mol. The summed E-state index contributed by atoms with van der Waals surface area (Å²) in [4.78, 5) is -1.55. The fraction of sp³-hybridized carbons (Fsp3) is 1.00. The van der Waals surface area contributed by atoms with Gasteiger partial charge in [-0.3, -0.25) is 0 Å². The number of hydrogen-bond donors (Lipinski definition) is 0. The topological polar surface area (TPSA) is 0 Å². The molecule has 0 amide bonds. The standard InChI is InChI=1S/C7H6Cl6/c8-3-1-5(10)2-6(3,11)4(9)7(5,12)13/h3-4H,1-2H2. The van der Waals surface area contributed by atoms with E-state index >= 15 is 0 Å². The van der Waals surface area contributed by atoms with Gasteiger partial charge in [0.2, 0.25) is 0 Å². The minimum absolute atomic E-state index is 0.264. The van der Waals surface area contributed by atoms with Crippen LogP contribution in [0.4, 0.5) is 0 Å². The van der Waals surface area contributed by atoms with E-state index in [1.54, 1.807) is 0 Å². The maximum atomic E-state index is 6.25. The lowest BCUT2D eigenvalue weighted by molar-refractivity contribution is 0.504. The van der Waals surface area contributed by atoms with Gasteiger partial charge in [0, 0.05) is 0 Å². The van der Waals surface area contributed by atoms with Crippen molar-refractivity contribution in [3.05, 3.63) is 0 Å². The van der Waals surface area contributed by atoms with Gasteiger partial charge >= 0.3 is 0 Å². The van der Waals surface area contributed by atoms with E-state index < -0.39 is 19.5 Å². The second-order valence-electron chi connectivity index (χ2n) is 3.73. The molecule has 0 aliphatic heterocycles. The Morgan fingerprint density at radius 1 is 1.00 bits per heavy atom. The van der Waals surface area contributed by atoms with Crippen molar-refractivity contribution >= 4 is 69.6 Å². The Balaban J connectivity index is 2.47. The van der Waals surface area contributed by atoms with Crippen LogP contribution in [-0.2, 0) is 0 Å². The fourth-order valence-electron chi connectivity index (χ4n) is 2.10. The van der Waals surface area contributed by atoms with Gasteiger partial charge < -0.3 is 0 Å². The van der Waals surface area contributed by atoms with Crippen LogP contribution in [0.5, 0.6) is 0 Å². The van der Waals surface area contributed by atoms with E-state index in [1.807, 2.05) is 0 Å². The van der Waals surface area contributed by atoms with Crippen LogP contribution in [-0.4, -0.2) is 24.8 Å². The van der Waals surface area contributed by atoms with Crippen LogP contribution >= 0.6 is 69.6 Å². The quantitative estimate of drug-likeness (QED) is 0.590. The molecular formula is C7H6Cl6. The lowest BCUT2D eigenvalue weighted by Crippen LogP contribution is -2.51. The molecule has 2 saturated carbocycles. The highest BCUT2D eigenvalue weighted by molar-refractivity contribution is 6.60. The molecule has 0 aromatic rings. The van der Waals surface area contributed by atoms with Crippen molar-refractivity contribution in [2.45, 2.75) is 37.7 Å². The molecule has 6 heteroatoms. The number of fused-ring (bicyclic) bond motifs is 2. The third-order valence-electron chi connectivity index (χ3n) is 2.91. The highest BCUT2D eigenvalue weighted by Gasteiger charge is 2.75. The summed E-state index contributed by atoms with van der Waals surface area (Å²) in [7, 11) is 0. The second kappa shape index (κ2) is 2.90. The Hall–Kier alpha value is 1.74. The molecule has 2 aliphatic carbocycles. The van der Waals surface area contributed by atoms with Crippen molar-refractivity contribution in [1.82, 2.24) is 0 Å². The molecule has 0 nitrogen and oxygen atoms in total. The summed E-state index contributed by atoms with van der Waals surface area (Å²) < 4.78 is -1.19. The van der Waals surface area contributed by atoms with Gasteiger partial charge in [0.05, 0.1) is 20.5 Å². The lowest BCUT2D eigenvalue weighted by atomic mass is 9.97. The average Bonchev–Trinajstić information content (AvgIpc) is 2.28. The first-order chi connectivity index (χ1) is 5.74. The molecule has 76 valence electrons. The molecule has 4 unspecified atom stereocenters. The summed E-state index contributed by atoms with van der Waals surface area (Å²) in [6.45, 7) is 0. The molecule has 13 heavy (non-hydrogen) atoms. The Morgan fingerprint density at radius 2 is 1.54 bits per heavy atom.